The fraction of sp³-hybridized carbons (Fsp3) is 0.385. The molecule has 8 nitrogen and oxygen atoms in total. The molecule has 0 spiro atoms. The number of carboxylic acid groups (broad SMARTS) is 2. The Morgan fingerprint density at radius 3 is 2.30 bits per heavy atom. The van der Waals surface area contributed by atoms with Crippen molar-refractivity contribution in [2.75, 3.05) is 0 Å². The van der Waals surface area contributed by atoms with Crippen LogP contribution in [0, 0.1) is 12.7 Å². The van der Waals surface area contributed by atoms with Gasteiger partial charge >= 0.3 is 11.9 Å². The summed E-state index contributed by atoms with van der Waals surface area (Å²) < 4.78 is 40.5. The third-order valence-electron chi connectivity index (χ3n) is 3.74. The first-order valence-electron chi connectivity index (χ1n) is 6.47. The molecule has 0 aromatic heterocycles. The van der Waals surface area contributed by atoms with Crippen LogP contribution in [0.15, 0.2) is 17.0 Å². The summed E-state index contributed by atoms with van der Waals surface area (Å²) in [6.45, 7) is 1.14. The van der Waals surface area contributed by atoms with Crippen molar-refractivity contribution in [3.05, 3.63) is 29.1 Å². The second-order valence-electron chi connectivity index (χ2n) is 5.44. The van der Waals surface area contributed by atoms with Crippen LogP contribution in [-0.2, 0) is 14.8 Å². The molecular weight excluding hydrogens is 333 g/mol. The quantitative estimate of drug-likeness (QED) is 0.591. The number of hydrogen-bond donors (Lipinski definition) is 4. The Morgan fingerprint density at radius 1 is 1.30 bits per heavy atom. The molecule has 23 heavy (non-hydrogen) atoms. The van der Waals surface area contributed by atoms with Gasteiger partial charge in [-0.15, -0.1) is 0 Å². The average Bonchev–Trinajstić information content (AvgIpc) is 2.38. The minimum Gasteiger partial charge on any atom is -0.480 e. The molecular formula is C13H14FNO7S. The summed E-state index contributed by atoms with van der Waals surface area (Å²) >= 11 is 0. The highest BCUT2D eigenvalue weighted by Gasteiger charge is 2.52. The molecule has 2 rings (SSSR count). The summed E-state index contributed by atoms with van der Waals surface area (Å²) in [7, 11) is -4.50. The van der Waals surface area contributed by atoms with Gasteiger partial charge in [0.05, 0.1) is 16.6 Å². The van der Waals surface area contributed by atoms with E-state index < -0.39 is 49.9 Å². The van der Waals surface area contributed by atoms with E-state index in [4.69, 9.17) is 5.11 Å². The molecule has 1 saturated carbocycles. The summed E-state index contributed by atoms with van der Waals surface area (Å²) in [6, 6.07) is 1.43. The lowest BCUT2D eigenvalue weighted by Crippen LogP contribution is -2.64. The maximum absolute atomic E-state index is 13.8. The standard InChI is InChI=1S/C13H14FNO7S/c1-6-9(14)2-7(11(17)18)3-10(6)23(21,22)15-13(12(19)20)4-8(16)5-13/h2-3,8,15-16H,4-5H2,1H3,(H,17,18)(H,19,20). The van der Waals surface area contributed by atoms with Crippen LogP contribution in [-0.4, -0.2) is 47.3 Å². The molecule has 0 bridgehead atoms. The highest BCUT2D eigenvalue weighted by Crippen LogP contribution is 2.35. The van der Waals surface area contributed by atoms with Crippen LogP contribution in [0.5, 0.6) is 0 Å². The smallest absolute Gasteiger partial charge is 0.335 e. The lowest BCUT2D eigenvalue weighted by atomic mass is 9.75. The summed E-state index contributed by atoms with van der Waals surface area (Å²) in [6.07, 6.45) is -1.62. The van der Waals surface area contributed by atoms with Gasteiger partial charge in [-0.25, -0.2) is 17.6 Å². The monoisotopic (exact) mass is 347 g/mol. The van der Waals surface area contributed by atoms with E-state index in [-0.39, 0.29) is 18.4 Å². The maximum Gasteiger partial charge on any atom is 0.335 e. The van der Waals surface area contributed by atoms with Gasteiger partial charge < -0.3 is 15.3 Å². The Labute approximate surface area is 130 Å². The zero-order valence-electron chi connectivity index (χ0n) is 11.9. The van der Waals surface area contributed by atoms with Crippen LogP contribution >= 0.6 is 0 Å². The Morgan fingerprint density at radius 2 is 1.87 bits per heavy atom. The number of aliphatic hydroxyl groups is 1. The summed E-state index contributed by atoms with van der Waals surface area (Å²) in [5.74, 6) is -4.03. The van der Waals surface area contributed by atoms with E-state index in [0.717, 1.165) is 13.0 Å². The van der Waals surface area contributed by atoms with Crippen molar-refractivity contribution in [1.29, 1.82) is 0 Å². The molecule has 10 heteroatoms. The van der Waals surface area contributed by atoms with Crippen LogP contribution in [0.4, 0.5) is 4.39 Å². The summed E-state index contributed by atoms with van der Waals surface area (Å²) in [5.41, 5.74) is -2.80. The van der Waals surface area contributed by atoms with Crippen LogP contribution in [0.2, 0.25) is 0 Å². The van der Waals surface area contributed by atoms with E-state index in [1.807, 2.05) is 4.72 Å². The molecule has 1 aliphatic carbocycles. The highest BCUT2D eigenvalue weighted by atomic mass is 32.2. The molecule has 1 aromatic carbocycles. The number of halogens is 1. The lowest BCUT2D eigenvalue weighted by Gasteiger charge is -2.41. The van der Waals surface area contributed by atoms with Crippen LogP contribution < -0.4 is 4.72 Å². The zero-order chi connectivity index (χ0) is 17.6. The number of rotatable bonds is 5. The molecule has 0 saturated heterocycles. The van der Waals surface area contributed by atoms with E-state index in [0.29, 0.717) is 6.07 Å². The van der Waals surface area contributed by atoms with Gasteiger partial charge in [0, 0.05) is 18.4 Å². The molecule has 0 unspecified atom stereocenters. The van der Waals surface area contributed by atoms with Gasteiger partial charge in [-0.3, -0.25) is 4.79 Å². The Bertz CT molecular complexity index is 784. The zero-order valence-corrected chi connectivity index (χ0v) is 12.7. The Kier molecular flexibility index (Phi) is 4.18. The number of sulfonamides is 1. The first-order chi connectivity index (χ1) is 10.5. The number of nitrogens with one attached hydrogen (secondary N) is 1. The van der Waals surface area contributed by atoms with Crippen molar-refractivity contribution in [1.82, 2.24) is 4.72 Å². The van der Waals surface area contributed by atoms with E-state index in [1.165, 1.54) is 0 Å². The number of aliphatic carboxylic acids is 1. The van der Waals surface area contributed by atoms with Gasteiger partial charge in [-0.05, 0) is 19.1 Å². The molecule has 1 aliphatic rings. The topological polar surface area (TPSA) is 141 Å². The first kappa shape index (κ1) is 17.3. The van der Waals surface area contributed by atoms with Crippen molar-refractivity contribution in [2.24, 2.45) is 0 Å². The average molecular weight is 347 g/mol. The van der Waals surface area contributed by atoms with E-state index >= 15 is 0 Å². The van der Waals surface area contributed by atoms with Crippen molar-refractivity contribution < 1.29 is 37.7 Å². The predicted molar refractivity (Wildman–Crippen MR) is 74.0 cm³/mol. The largest absolute Gasteiger partial charge is 0.480 e. The molecule has 0 aliphatic heterocycles. The molecule has 4 N–H and O–H groups in total. The number of hydrogen-bond acceptors (Lipinski definition) is 5. The van der Waals surface area contributed by atoms with Crippen LogP contribution in [0.3, 0.4) is 0 Å². The maximum atomic E-state index is 13.8. The SMILES string of the molecule is Cc1c(F)cc(C(=O)O)cc1S(=O)(=O)NC1(C(=O)O)CC(O)C1. The fourth-order valence-electron chi connectivity index (χ4n) is 2.41. The third-order valence-corrected chi connectivity index (χ3v) is 5.40. The number of aromatic carboxylic acids is 1. The third kappa shape index (κ3) is 3.05. The number of aliphatic hydroxyl groups excluding tert-OH is 1. The second-order valence-corrected chi connectivity index (χ2v) is 7.09. The van der Waals surface area contributed by atoms with Gasteiger partial charge in [-0.1, -0.05) is 0 Å². The van der Waals surface area contributed by atoms with Crippen molar-refractivity contribution >= 4 is 22.0 Å². The van der Waals surface area contributed by atoms with Gasteiger partial charge in [0.2, 0.25) is 10.0 Å². The van der Waals surface area contributed by atoms with Crippen molar-refractivity contribution in [3.63, 3.8) is 0 Å². The van der Waals surface area contributed by atoms with Gasteiger partial charge in [-0.2, -0.15) is 4.72 Å². The van der Waals surface area contributed by atoms with E-state index in [1.54, 1.807) is 0 Å². The Hall–Kier alpha value is -2.04. The van der Waals surface area contributed by atoms with Gasteiger partial charge in [0.15, 0.2) is 0 Å². The molecule has 0 radical (unpaired) electrons. The first-order valence-corrected chi connectivity index (χ1v) is 7.96. The lowest BCUT2D eigenvalue weighted by molar-refractivity contribution is -0.153. The molecule has 0 heterocycles. The van der Waals surface area contributed by atoms with E-state index in [2.05, 4.69) is 0 Å². The molecule has 0 atom stereocenters. The van der Waals surface area contributed by atoms with Crippen LogP contribution in [0.1, 0.15) is 28.8 Å². The predicted octanol–water partition coefficient (Wildman–Crippen LogP) is 0.0887. The normalized spacial score (nSPS) is 24.0. The van der Waals surface area contributed by atoms with Gasteiger partial charge in [0.1, 0.15) is 11.4 Å². The summed E-state index contributed by atoms with van der Waals surface area (Å²) in [4.78, 5) is 21.6. The van der Waals surface area contributed by atoms with E-state index in [9.17, 15) is 32.6 Å². The molecule has 126 valence electrons. The van der Waals surface area contributed by atoms with Crippen molar-refractivity contribution in [3.8, 4) is 0 Å². The van der Waals surface area contributed by atoms with Crippen LogP contribution in [0.25, 0.3) is 0 Å². The summed E-state index contributed by atoms with van der Waals surface area (Å²) in [5, 5.41) is 27.3. The second kappa shape index (κ2) is 5.55. The molecule has 1 aromatic rings. The fourth-order valence-corrected chi connectivity index (χ4v) is 4.08. The molecule has 0 amide bonds. The van der Waals surface area contributed by atoms with Crippen molar-refractivity contribution in [2.45, 2.75) is 36.3 Å². The van der Waals surface area contributed by atoms with Gasteiger partial charge in [0.25, 0.3) is 0 Å². The number of carbonyl (C=O) groups is 2. The highest BCUT2D eigenvalue weighted by molar-refractivity contribution is 7.89. The number of carboxylic acids is 2. The Balaban J connectivity index is 2.48. The number of benzene rings is 1. The molecule has 1 fully saturated rings. The minimum absolute atomic E-state index is 0.331. The minimum atomic E-state index is -4.50.